The van der Waals surface area contributed by atoms with Crippen LogP contribution < -0.4 is 24.3 Å². The molecule has 10 heteroatoms. The number of halogens is 3. The van der Waals surface area contributed by atoms with Crippen LogP contribution in [0.2, 0.25) is 0 Å². The first kappa shape index (κ1) is 23.1. The molecule has 7 nitrogen and oxygen atoms in total. The number of amides is 1. The molecule has 2 aromatic rings. The maximum atomic E-state index is 12.7. The van der Waals surface area contributed by atoms with Crippen LogP contribution in [0.5, 0.6) is 23.0 Å². The second-order valence-electron chi connectivity index (χ2n) is 6.08. The Bertz CT molecular complexity index is 872. The SMILES string of the molecule is COc1ccc(C(=O)NCC(O)COc2cccc(C(F)(F)F)c2)c(OC)c1OC. The summed E-state index contributed by atoms with van der Waals surface area (Å²) >= 11 is 0. The zero-order valence-corrected chi connectivity index (χ0v) is 16.6. The Morgan fingerprint density at radius 3 is 2.37 bits per heavy atom. The highest BCUT2D eigenvalue weighted by molar-refractivity contribution is 5.98. The summed E-state index contributed by atoms with van der Waals surface area (Å²) < 4.78 is 59.0. The lowest BCUT2D eigenvalue weighted by Gasteiger charge is -2.17. The minimum absolute atomic E-state index is 0.0447. The smallest absolute Gasteiger partial charge is 0.416 e. The van der Waals surface area contributed by atoms with Gasteiger partial charge in [-0.3, -0.25) is 4.79 Å². The fourth-order valence-corrected chi connectivity index (χ4v) is 2.60. The molecular weight excluding hydrogens is 407 g/mol. The molecule has 0 fully saturated rings. The van der Waals surface area contributed by atoms with Gasteiger partial charge in [-0.15, -0.1) is 0 Å². The number of hydrogen-bond acceptors (Lipinski definition) is 6. The van der Waals surface area contributed by atoms with Crippen LogP contribution in [0.1, 0.15) is 15.9 Å². The lowest BCUT2D eigenvalue weighted by Crippen LogP contribution is -2.35. The third-order valence-electron chi connectivity index (χ3n) is 4.05. The van der Waals surface area contributed by atoms with E-state index in [-0.39, 0.29) is 36.0 Å². The molecule has 0 heterocycles. The van der Waals surface area contributed by atoms with Crippen LogP contribution >= 0.6 is 0 Å². The summed E-state index contributed by atoms with van der Waals surface area (Å²) in [6.45, 7) is -0.514. The van der Waals surface area contributed by atoms with Crippen molar-refractivity contribution in [1.82, 2.24) is 5.32 Å². The number of aliphatic hydroxyl groups excluding tert-OH is 1. The average Bonchev–Trinajstić information content (AvgIpc) is 2.74. The molecule has 0 bridgehead atoms. The summed E-state index contributed by atoms with van der Waals surface area (Å²) in [5.41, 5.74) is -0.704. The Morgan fingerprint density at radius 1 is 1.07 bits per heavy atom. The second kappa shape index (κ2) is 10.1. The largest absolute Gasteiger partial charge is 0.493 e. The molecule has 30 heavy (non-hydrogen) atoms. The highest BCUT2D eigenvalue weighted by atomic mass is 19.4. The van der Waals surface area contributed by atoms with Crippen molar-refractivity contribution in [1.29, 1.82) is 0 Å². The van der Waals surface area contributed by atoms with Crippen LogP contribution in [0.3, 0.4) is 0 Å². The molecule has 0 spiro atoms. The minimum atomic E-state index is -4.50. The number of carbonyl (C=O) groups is 1. The normalized spacial score (nSPS) is 12.1. The van der Waals surface area contributed by atoms with Gasteiger partial charge < -0.3 is 29.4 Å². The van der Waals surface area contributed by atoms with E-state index in [9.17, 15) is 23.1 Å². The zero-order valence-electron chi connectivity index (χ0n) is 16.6. The minimum Gasteiger partial charge on any atom is -0.493 e. The van der Waals surface area contributed by atoms with Crippen LogP contribution in [0.15, 0.2) is 36.4 Å². The van der Waals surface area contributed by atoms with Gasteiger partial charge in [0.05, 0.1) is 32.5 Å². The molecule has 0 aliphatic rings. The predicted octanol–water partition coefficient (Wildman–Crippen LogP) is 2.90. The predicted molar refractivity (Wildman–Crippen MR) is 101 cm³/mol. The number of nitrogens with one attached hydrogen (secondary N) is 1. The standard InChI is InChI=1S/C20H22F3NO6/c1-27-16-8-7-15(17(28-2)18(16)29-3)19(26)24-10-13(25)11-30-14-6-4-5-12(9-14)20(21,22)23/h4-9,13,25H,10-11H2,1-3H3,(H,24,26). The molecule has 2 N–H and O–H groups in total. The summed E-state index contributed by atoms with van der Waals surface area (Å²) in [7, 11) is 4.21. The van der Waals surface area contributed by atoms with Crippen molar-refractivity contribution in [3.8, 4) is 23.0 Å². The fourth-order valence-electron chi connectivity index (χ4n) is 2.60. The van der Waals surface area contributed by atoms with Gasteiger partial charge in [0.15, 0.2) is 11.5 Å². The highest BCUT2D eigenvalue weighted by Gasteiger charge is 2.30. The van der Waals surface area contributed by atoms with Crippen molar-refractivity contribution >= 4 is 5.91 Å². The van der Waals surface area contributed by atoms with Gasteiger partial charge in [-0.05, 0) is 30.3 Å². The van der Waals surface area contributed by atoms with Crippen molar-refractivity contribution in [2.75, 3.05) is 34.5 Å². The van der Waals surface area contributed by atoms with Crippen LogP contribution in [-0.4, -0.2) is 51.6 Å². The summed E-state index contributed by atoms with van der Waals surface area (Å²) in [6.07, 6.45) is -5.65. The molecular formula is C20H22F3NO6. The molecule has 0 aliphatic heterocycles. The zero-order chi connectivity index (χ0) is 22.3. The third kappa shape index (κ3) is 5.69. The first-order valence-corrected chi connectivity index (χ1v) is 8.76. The number of rotatable bonds is 9. The molecule has 1 unspecified atom stereocenters. The first-order chi connectivity index (χ1) is 14.2. The van der Waals surface area contributed by atoms with Crippen molar-refractivity contribution in [2.24, 2.45) is 0 Å². The average molecular weight is 429 g/mol. The van der Waals surface area contributed by atoms with Gasteiger partial charge in [-0.2, -0.15) is 13.2 Å². The van der Waals surface area contributed by atoms with Crippen LogP contribution in [0.25, 0.3) is 0 Å². The second-order valence-corrected chi connectivity index (χ2v) is 6.08. The van der Waals surface area contributed by atoms with E-state index < -0.39 is 23.8 Å². The molecule has 1 amide bonds. The summed E-state index contributed by atoms with van der Waals surface area (Å²) in [6, 6.07) is 7.30. The molecule has 1 atom stereocenters. The Morgan fingerprint density at radius 2 is 1.77 bits per heavy atom. The lowest BCUT2D eigenvalue weighted by atomic mass is 10.1. The van der Waals surface area contributed by atoms with E-state index >= 15 is 0 Å². The van der Waals surface area contributed by atoms with Crippen LogP contribution in [-0.2, 0) is 6.18 Å². The van der Waals surface area contributed by atoms with E-state index in [1.54, 1.807) is 0 Å². The first-order valence-electron chi connectivity index (χ1n) is 8.76. The fraction of sp³-hybridized carbons (Fsp3) is 0.350. The van der Waals surface area contributed by atoms with Gasteiger partial charge in [-0.25, -0.2) is 0 Å². The van der Waals surface area contributed by atoms with E-state index in [0.717, 1.165) is 12.1 Å². The van der Waals surface area contributed by atoms with Crippen LogP contribution in [0.4, 0.5) is 13.2 Å². The van der Waals surface area contributed by atoms with E-state index in [1.807, 2.05) is 0 Å². The van der Waals surface area contributed by atoms with E-state index in [0.29, 0.717) is 5.75 Å². The van der Waals surface area contributed by atoms with E-state index in [1.165, 1.54) is 45.6 Å². The number of carbonyl (C=O) groups excluding carboxylic acids is 1. The maximum Gasteiger partial charge on any atom is 0.416 e. The Kier molecular flexibility index (Phi) is 7.76. The van der Waals surface area contributed by atoms with Gasteiger partial charge in [0.2, 0.25) is 5.75 Å². The summed E-state index contributed by atoms with van der Waals surface area (Å²) in [4.78, 5) is 12.5. The van der Waals surface area contributed by atoms with E-state index in [2.05, 4.69) is 5.32 Å². The van der Waals surface area contributed by atoms with Gasteiger partial charge >= 0.3 is 6.18 Å². The van der Waals surface area contributed by atoms with Crippen molar-refractivity contribution in [3.05, 3.63) is 47.5 Å². The maximum absolute atomic E-state index is 12.7. The molecule has 2 rings (SSSR count). The quantitative estimate of drug-likeness (QED) is 0.638. The molecule has 164 valence electrons. The number of aliphatic hydroxyl groups is 1. The van der Waals surface area contributed by atoms with Crippen molar-refractivity contribution in [2.45, 2.75) is 12.3 Å². The summed E-state index contributed by atoms with van der Waals surface area (Å²) in [5, 5.41) is 12.5. The van der Waals surface area contributed by atoms with Crippen LogP contribution in [0, 0.1) is 0 Å². The topological polar surface area (TPSA) is 86.3 Å². The highest BCUT2D eigenvalue weighted by Crippen LogP contribution is 2.39. The number of methoxy groups -OCH3 is 3. The number of alkyl halides is 3. The summed E-state index contributed by atoms with van der Waals surface area (Å²) in [5.74, 6) is 0.174. The van der Waals surface area contributed by atoms with Crippen molar-refractivity contribution < 1.29 is 42.0 Å². The van der Waals surface area contributed by atoms with Crippen molar-refractivity contribution in [3.63, 3.8) is 0 Å². The number of ether oxygens (including phenoxy) is 4. The lowest BCUT2D eigenvalue weighted by molar-refractivity contribution is -0.137. The Labute approximate surface area is 171 Å². The Hall–Kier alpha value is -3.14. The molecule has 0 radical (unpaired) electrons. The monoisotopic (exact) mass is 429 g/mol. The van der Waals surface area contributed by atoms with E-state index in [4.69, 9.17) is 18.9 Å². The van der Waals surface area contributed by atoms with Gasteiger partial charge in [0.25, 0.3) is 5.91 Å². The third-order valence-corrected chi connectivity index (χ3v) is 4.05. The van der Waals surface area contributed by atoms with Gasteiger partial charge in [-0.1, -0.05) is 6.07 Å². The number of hydrogen-bond donors (Lipinski definition) is 2. The van der Waals surface area contributed by atoms with Gasteiger partial charge in [0.1, 0.15) is 18.5 Å². The Balaban J connectivity index is 1.97. The van der Waals surface area contributed by atoms with Gasteiger partial charge in [0, 0.05) is 6.54 Å². The molecule has 2 aromatic carbocycles. The molecule has 0 saturated heterocycles. The molecule has 0 aromatic heterocycles. The molecule has 0 saturated carbocycles. The number of benzene rings is 2. The molecule has 0 aliphatic carbocycles.